The number of halogens is 3. The molecule has 2 aliphatic rings. The molecule has 0 radical (unpaired) electrons. The summed E-state index contributed by atoms with van der Waals surface area (Å²) in [5.74, 6) is -1.40. The molecular formula is C19H17F3N2O4S. The molecule has 0 bridgehead atoms. The third kappa shape index (κ3) is 3.58. The van der Waals surface area contributed by atoms with Crippen molar-refractivity contribution in [2.75, 3.05) is 11.9 Å². The first-order chi connectivity index (χ1) is 13.6. The highest BCUT2D eigenvalue weighted by Gasteiger charge is 2.75. The van der Waals surface area contributed by atoms with Gasteiger partial charge in [-0.25, -0.2) is 8.42 Å². The summed E-state index contributed by atoms with van der Waals surface area (Å²) in [4.78, 5) is 12.8. The van der Waals surface area contributed by atoms with Gasteiger partial charge in [0.15, 0.2) is 4.75 Å². The minimum atomic E-state index is -4.81. The monoisotopic (exact) mass is 426 g/mol. The fourth-order valence-corrected chi connectivity index (χ4v) is 6.07. The van der Waals surface area contributed by atoms with E-state index in [0.29, 0.717) is 0 Å². The van der Waals surface area contributed by atoms with Crippen LogP contribution in [0, 0.1) is 5.92 Å². The van der Waals surface area contributed by atoms with Gasteiger partial charge in [-0.2, -0.15) is 4.31 Å². The van der Waals surface area contributed by atoms with Crippen LogP contribution in [0.5, 0.6) is 5.75 Å². The molecule has 29 heavy (non-hydrogen) atoms. The summed E-state index contributed by atoms with van der Waals surface area (Å²) in [5, 5.41) is 2.51. The number of nitrogens with one attached hydrogen (secondary N) is 1. The number of carbonyl (C=O) groups is 1. The normalized spacial score (nSPS) is 25.3. The molecule has 4 rings (SSSR count). The molecule has 2 atom stereocenters. The molecule has 1 amide bonds. The molecule has 0 unspecified atom stereocenters. The Hall–Kier alpha value is -2.59. The lowest BCUT2D eigenvalue weighted by atomic mass is 10.2. The molecule has 0 spiro atoms. The summed E-state index contributed by atoms with van der Waals surface area (Å²) < 4.78 is 66.3. The summed E-state index contributed by atoms with van der Waals surface area (Å²) in [6.07, 6.45) is -4.58. The lowest BCUT2D eigenvalue weighted by Crippen LogP contribution is -2.41. The van der Waals surface area contributed by atoms with E-state index in [1.165, 1.54) is 16.4 Å². The van der Waals surface area contributed by atoms with Crippen molar-refractivity contribution in [3.63, 3.8) is 0 Å². The van der Waals surface area contributed by atoms with Crippen molar-refractivity contribution in [2.24, 2.45) is 5.92 Å². The van der Waals surface area contributed by atoms with Crippen molar-refractivity contribution >= 4 is 21.6 Å². The van der Waals surface area contributed by atoms with Crippen molar-refractivity contribution in [2.45, 2.75) is 24.1 Å². The number of fused-ring (bicyclic) bond motifs is 1. The highest BCUT2D eigenvalue weighted by molar-refractivity contribution is 7.92. The minimum Gasteiger partial charge on any atom is -0.406 e. The zero-order valence-corrected chi connectivity index (χ0v) is 15.8. The molecule has 1 saturated carbocycles. The maximum absolute atomic E-state index is 13.0. The lowest BCUT2D eigenvalue weighted by molar-refractivity contribution is -0.274. The Labute approximate surface area is 165 Å². The van der Waals surface area contributed by atoms with E-state index in [1.54, 1.807) is 0 Å². The first kappa shape index (κ1) is 19.7. The number of sulfonamides is 1. The van der Waals surface area contributed by atoms with E-state index < -0.39 is 32.8 Å². The number of ether oxygens (including phenoxy) is 1. The number of amides is 1. The molecule has 1 heterocycles. The molecule has 6 nitrogen and oxygen atoms in total. The standard InChI is InChI=1S/C19H17F3N2O4S/c20-19(21,22)28-16-8-6-15(7-9-16)23-17(25)18-10-14(18)12-24(29(18,26)27)11-13-4-2-1-3-5-13/h1-9,14H,10-12H2,(H,23,25)/t14-,18-/m0/s1. The quantitative estimate of drug-likeness (QED) is 0.797. The van der Waals surface area contributed by atoms with E-state index in [2.05, 4.69) is 10.1 Å². The minimum absolute atomic E-state index is 0.193. The van der Waals surface area contributed by atoms with E-state index in [9.17, 15) is 26.4 Å². The summed E-state index contributed by atoms with van der Waals surface area (Å²) in [5.41, 5.74) is 1.02. The van der Waals surface area contributed by atoms with Gasteiger partial charge in [-0.15, -0.1) is 13.2 Å². The topological polar surface area (TPSA) is 75.7 Å². The summed E-state index contributed by atoms with van der Waals surface area (Å²) >= 11 is 0. The zero-order chi connectivity index (χ0) is 20.9. The number of rotatable bonds is 5. The van der Waals surface area contributed by atoms with Crippen molar-refractivity contribution in [1.82, 2.24) is 4.31 Å². The molecule has 1 aliphatic carbocycles. The van der Waals surface area contributed by atoms with Crippen molar-refractivity contribution in [3.05, 3.63) is 60.2 Å². The van der Waals surface area contributed by atoms with Gasteiger partial charge in [0, 0.05) is 24.7 Å². The average molecular weight is 426 g/mol. The van der Waals surface area contributed by atoms with Crippen LogP contribution in [-0.4, -0.2) is 36.3 Å². The van der Waals surface area contributed by atoms with Gasteiger partial charge in [0.05, 0.1) is 0 Å². The fraction of sp³-hybridized carbons (Fsp3) is 0.316. The van der Waals surface area contributed by atoms with Crippen LogP contribution in [0.1, 0.15) is 12.0 Å². The van der Waals surface area contributed by atoms with Gasteiger partial charge in [-0.1, -0.05) is 30.3 Å². The molecule has 10 heteroatoms. The van der Waals surface area contributed by atoms with E-state index in [1.807, 2.05) is 30.3 Å². The molecule has 2 fully saturated rings. The summed E-state index contributed by atoms with van der Waals surface area (Å²) in [7, 11) is -3.86. The Morgan fingerprint density at radius 1 is 1.14 bits per heavy atom. The highest BCUT2D eigenvalue weighted by atomic mass is 32.2. The SMILES string of the molecule is O=C(Nc1ccc(OC(F)(F)F)cc1)[C@]12C[C@H]1CN(Cc1ccccc1)S2(=O)=O. The third-order valence-corrected chi connectivity index (χ3v) is 7.77. The highest BCUT2D eigenvalue weighted by Crippen LogP contribution is 2.58. The van der Waals surface area contributed by atoms with Gasteiger partial charge in [-0.05, 0) is 36.2 Å². The molecule has 2 aromatic carbocycles. The number of benzene rings is 2. The predicted octanol–water partition coefficient (Wildman–Crippen LogP) is 3.13. The number of carbonyl (C=O) groups excluding carboxylic acids is 1. The second-order valence-corrected chi connectivity index (χ2v) is 9.30. The molecule has 2 aromatic rings. The van der Waals surface area contributed by atoms with Gasteiger partial charge in [-0.3, -0.25) is 4.79 Å². The summed E-state index contributed by atoms with van der Waals surface area (Å²) in [6.45, 7) is 0.460. The predicted molar refractivity (Wildman–Crippen MR) is 98.4 cm³/mol. The van der Waals surface area contributed by atoms with E-state index in [-0.39, 0.29) is 31.1 Å². The Bertz CT molecular complexity index is 1030. The molecule has 1 saturated heterocycles. The number of alkyl halides is 3. The average Bonchev–Trinajstić information content (AvgIpc) is 3.34. The van der Waals surface area contributed by atoms with Crippen molar-refractivity contribution in [1.29, 1.82) is 0 Å². The van der Waals surface area contributed by atoms with Crippen LogP contribution in [-0.2, 0) is 21.4 Å². The van der Waals surface area contributed by atoms with E-state index in [4.69, 9.17) is 0 Å². The van der Waals surface area contributed by atoms with Crippen LogP contribution < -0.4 is 10.1 Å². The van der Waals surface area contributed by atoms with Crippen LogP contribution >= 0.6 is 0 Å². The maximum Gasteiger partial charge on any atom is 0.573 e. The van der Waals surface area contributed by atoms with E-state index >= 15 is 0 Å². The van der Waals surface area contributed by atoms with Crippen LogP contribution in [0.15, 0.2) is 54.6 Å². The second kappa shape index (κ2) is 6.74. The first-order valence-corrected chi connectivity index (χ1v) is 10.3. The number of hydrogen-bond acceptors (Lipinski definition) is 4. The van der Waals surface area contributed by atoms with Crippen LogP contribution in [0.25, 0.3) is 0 Å². The zero-order valence-electron chi connectivity index (χ0n) is 15.0. The molecule has 154 valence electrons. The molecule has 0 aromatic heterocycles. The maximum atomic E-state index is 13.0. The largest absolute Gasteiger partial charge is 0.573 e. The Morgan fingerprint density at radius 2 is 1.79 bits per heavy atom. The molecule has 1 N–H and O–H groups in total. The number of hydrogen-bond donors (Lipinski definition) is 1. The molecule has 1 aliphatic heterocycles. The van der Waals surface area contributed by atoms with Crippen LogP contribution in [0.4, 0.5) is 18.9 Å². The summed E-state index contributed by atoms with van der Waals surface area (Å²) in [6, 6.07) is 13.7. The van der Waals surface area contributed by atoms with Crippen LogP contribution in [0.3, 0.4) is 0 Å². The Morgan fingerprint density at radius 3 is 2.41 bits per heavy atom. The van der Waals surface area contributed by atoms with Crippen LogP contribution in [0.2, 0.25) is 0 Å². The van der Waals surface area contributed by atoms with Crippen molar-refractivity contribution < 1.29 is 31.1 Å². The van der Waals surface area contributed by atoms with Gasteiger partial charge >= 0.3 is 6.36 Å². The van der Waals surface area contributed by atoms with E-state index in [0.717, 1.165) is 17.7 Å². The number of nitrogens with zero attached hydrogens (tertiary/aromatic N) is 1. The lowest BCUT2D eigenvalue weighted by Gasteiger charge is -2.21. The third-order valence-electron chi connectivity index (χ3n) is 5.21. The van der Waals surface area contributed by atoms with Gasteiger partial charge in [0.1, 0.15) is 5.75 Å². The Balaban J connectivity index is 1.47. The van der Waals surface area contributed by atoms with Gasteiger partial charge in [0.25, 0.3) is 0 Å². The van der Waals surface area contributed by atoms with Gasteiger partial charge in [0.2, 0.25) is 15.9 Å². The first-order valence-electron chi connectivity index (χ1n) is 8.83. The van der Waals surface area contributed by atoms with Gasteiger partial charge < -0.3 is 10.1 Å². The fourth-order valence-electron chi connectivity index (χ4n) is 3.72. The van der Waals surface area contributed by atoms with Crippen molar-refractivity contribution in [3.8, 4) is 5.75 Å². The Kier molecular flexibility index (Phi) is 4.58. The molecular weight excluding hydrogens is 409 g/mol. The smallest absolute Gasteiger partial charge is 0.406 e. The number of anilines is 1. The second-order valence-electron chi connectivity index (χ2n) is 7.10.